The highest BCUT2D eigenvalue weighted by molar-refractivity contribution is 5.78. The molecule has 0 atom stereocenters. The van der Waals surface area contributed by atoms with E-state index in [4.69, 9.17) is 6.42 Å². The lowest BCUT2D eigenvalue weighted by molar-refractivity contribution is -0.122. The minimum absolute atomic E-state index is 0.0330. The summed E-state index contributed by atoms with van der Waals surface area (Å²) in [6, 6.07) is 0. The van der Waals surface area contributed by atoms with Gasteiger partial charge in [-0.1, -0.05) is 19.8 Å². The average molecular weight is 208 g/mol. The largest absolute Gasteiger partial charge is 0.344 e. The molecule has 1 heterocycles. The zero-order valence-electron chi connectivity index (χ0n) is 9.68. The minimum atomic E-state index is 0.0330. The molecule has 0 aromatic rings. The first-order valence-corrected chi connectivity index (χ1v) is 5.46. The number of hydrogen-bond donors (Lipinski definition) is 1. The van der Waals surface area contributed by atoms with Crippen LogP contribution in [0.2, 0.25) is 0 Å². The first-order valence-electron chi connectivity index (χ1n) is 5.46. The monoisotopic (exact) mass is 208 g/mol. The molecule has 0 bridgehead atoms. The molecule has 0 unspecified atom stereocenters. The van der Waals surface area contributed by atoms with E-state index in [-0.39, 0.29) is 5.91 Å². The molecule has 0 radical (unpaired) electrons. The topological polar surface area (TPSA) is 32.3 Å². The molecule has 84 valence electrons. The summed E-state index contributed by atoms with van der Waals surface area (Å²) >= 11 is 0. The number of piperidine rings is 1. The first kappa shape index (κ1) is 12.1. The number of likely N-dealkylation sites (tertiary alicyclic amines) is 1. The summed E-state index contributed by atoms with van der Waals surface area (Å²) in [5.74, 6) is 2.43. The maximum Gasteiger partial charge on any atom is 0.234 e. The van der Waals surface area contributed by atoms with Crippen molar-refractivity contribution in [2.75, 3.05) is 26.2 Å². The van der Waals surface area contributed by atoms with E-state index in [1.54, 1.807) is 0 Å². The van der Waals surface area contributed by atoms with Gasteiger partial charge in [0.15, 0.2) is 0 Å². The van der Waals surface area contributed by atoms with E-state index < -0.39 is 0 Å². The third kappa shape index (κ3) is 4.35. The van der Waals surface area contributed by atoms with Gasteiger partial charge in [0.05, 0.1) is 13.1 Å². The molecule has 1 aliphatic rings. The van der Waals surface area contributed by atoms with Crippen molar-refractivity contribution in [3.05, 3.63) is 0 Å². The van der Waals surface area contributed by atoms with Crippen LogP contribution in [0.3, 0.4) is 0 Å². The molecule has 0 aromatic carbocycles. The first-order chi connectivity index (χ1) is 7.03. The van der Waals surface area contributed by atoms with Crippen LogP contribution in [-0.4, -0.2) is 37.0 Å². The van der Waals surface area contributed by atoms with Crippen molar-refractivity contribution in [2.24, 2.45) is 5.41 Å². The maximum atomic E-state index is 11.4. The Morgan fingerprint density at radius 1 is 1.60 bits per heavy atom. The minimum Gasteiger partial charge on any atom is -0.344 e. The highest BCUT2D eigenvalue weighted by Crippen LogP contribution is 2.27. The Hall–Kier alpha value is -1.01. The zero-order valence-corrected chi connectivity index (χ0v) is 9.68. The van der Waals surface area contributed by atoms with E-state index in [0.29, 0.717) is 18.5 Å². The van der Waals surface area contributed by atoms with Crippen LogP contribution in [0.5, 0.6) is 0 Å². The number of carbonyl (C=O) groups is 1. The molecule has 3 nitrogen and oxygen atoms in total. The van der Waals surface area contributed by atoms with E-state index in [2.05, 4.69) is 30.0 Å². The quantitative estimate of drug-likeness (QED) is 0.698. The van der Waals surface area contributed by atoms with Crippen molar-refractivity contribution in [3.8, 4) is 12.3 Å². The van der Waals surface area contributed by atoms with Crippen molar-refractivity contribution in [3.63, 3.8) is 0 Å². The molecule has 1 amide bonds. The van der Waals surface area contributed by atoms with Gasteiger partial charge in [-0.3, -0.25) is 9.69 Å². The van der Waals surface area contributed by atoms with Gasteiger partial charge in [-0.05, 0) is 24.8 Å². The molecular formula is C12H20N2O. The highest BCUT2D eigenvalue weighted by Gasteiger charge is 2.26. The lowest BCUT2D eigenvalue weighted by atomic mass is 9.84. The molecule has 3 heteroatoms. The highest BCUT2D eigenvalue weighted by atomic mass is 16.2. The van der Waals surface area contributed by atoms with Crippen LogP contribution < -0.4 is 5.32 Å². The second-order valence-corrected chi connectivity index (χ2v) is 4.96. The molecule has 1 rings (SSSR count). The fraction of sp³-hybridized carbons (Fsp3) is 0.750. The second-order valence-electron chi connectivity index (χ2n) is 4.96. The summed E-state index contributed by atoms with van der Waals surface area (Å²) in [7, 11) is 0. The van der Waals surface area contributed by atoms with Crippen molar-refractivity contribution >= 4 is 5.91 Å². The molecule has 15 heavy (non-hydrogen) atoms. The zero-order chi connectivity index (χ0) is 11.3. The van der Waals surface area contributed by atoms with Gasteiger partial charge in [0.1, 0.15) is 0 Å². The summed E-state index contributed by atoms with van der Waals surface area (Å²) in [5.41, 5.74) is 0.338. The summed E-state index contributed by atoms with van der Waals surface area (Å²) in [5, 5.41) is 2.69. The Morgan fingerprint density at radius 3 is 2.93 bits per heavy atom. The van der Waals surface area contributed by atoms with Crippen LogP contribution in [0.4, 0.5) is 0 Å². The predicted octanol–water partition coefficient (Wildman–Crippen LogP) is 0.858. The molecule has 1 saturated heterocycles. The van der Waals surface area contributed by atoms with Crippen LogP contribution in [0.1, 0.15) is 26.7 Å². The molecule has 1 N–H and O–H groups in total. The summed E-state index contributed by atoms with van der Waals surface area (Å²) in [4.78, 5) is 13.6. The van der Waals surface area contributed by atoms with Crippen LogP contribution in [-0.2, 0) is 4.79 Å². The molecule has 0 aliphatic carbocycles. The summed E-state index contributed by atoms with van der Waals surface area (Å²) < 4.78 is 0. The van der Waals surface area contributed by atoms with Crippen molar-refractivity contribution in [2.45, 2.75) is 26.7 Å². The van der Waals surface area contributed by atoms with Crippen LogP contribution in [0, 0.1) is 17.8 Å². The maximum absolute atomic E-state index is 11.4. The van der Waals surface area contributed by atoms with E-state index >= 15 is 0 Å². The fourth-order valence-electron chi connectivity index (χ4n) is 2.09. The van der Waals surface area contributed by atoms with Gasteiger partial charge < -0.3 is 5.32 Å². The normalized spacial score (nSPS) is 20.6. The fourth-order valence-corrected chi connectivity index (χ4v) is 2.09. The van der Waals surface area contributed by atoms with Crippen molar-refractivity contribution < 1.29 is 4.79 Å². The Morgan fingerprint density at radius 2 is 2.33 bits per heavy atom. The number of carbonyl (C=O) groups excluding carboxylic acids is 1. The van der Waals surface area contributed by atoms with E-state index in [1.807, 2.05) is 0 Å². The van der Waals surface area contributed by atoms with Gasteiger partial charge in [0.2, 0.25) is 5.91 Å². The molecule has 1 fully saturated rings. The van der Waals surface area contributed by atoms with Crippen LogP contribution >= 0.6 is 0 Å². The average Bonchev–Trinajstić information content (AvgIpc) is 2.13. The standard InChI is InChI=1S/C12H20N2O/c1-4-7-13-11(15)9-14-8-5-6-12(2,3)10-14/h1H,5-10H2,2-3H3,(H,13,15). The Bertz CT molecular complexity index is 265. The number of amides is 1. The van der Waals surface area contributed by atoms with Crippen LogP contribution in [0.25, 0.3) is 0 Å². The Balaban J connectivity index is 2.32. The van der Waals surface area contributed by atoms with Gasteiger partial charge in [-0.15, -0.1) is 6.42 Å². The van der Waals surface area contributed by atoms with E-state index in [1.165, 1.54) is 12.8 Å². The molecule has 0 spiro atoms. The SMILES string of the molecule is C#CCNC(=O)CN1CCCC(C)(C)C1. The van der Waals surface area contributed by atoms with Crippen LogP contribution in [0.15, 0.2) is 0 Å². The third-order valence-corrected chi connectivity index (χ3v) is 2.73. The van der Waals surface area contributed by atoms with Gasteiger partial charge in [0, 0.05) is 6.54 Å². The molecule has 0 saturated carbocycles. The lowest BCUT2D eigenvalue weighted by Crippen LogP contribution is -2.45. The summed E-state index contributed by atoms with van der Waals surface area (Å²) in [6.07, 6.45) is 7.50. The Labute approximate surface area is 92.2 Å². The molecule has 1 aliphatic heterocycles. The van der Waals surface area contributed by atoms with Gasteiger partial charge >= 0.3 is 0 Å². The number of terminal acetylenes is 1. The smallest absolute Gasteiger partial charge is 0.234 e. The lowest BCUT2D eigenvalue weighted by Gasteiger charge is -2.37. The van der Waals surface area contributed by atoms with Gasteiger partial charge in [-0.25, -0.2) is 0 Å². The van der Waals surface area contributed by atoms with Gasteiger partial charge in [0.25, 0.3) is 0 Å². The Kier molecular flexibility index (Phi) is 4.16. The number of rotatable bonds is 3. The number of hydrogen-bond acceptors (Lipinski definition) is 2. The number of nitrogens with zero attached hydrogens (tertiary/aromatic N) is 1. The number of nitrogens with one attached hydrogen (secondary N) is 1. The van der Waals surface area contributed by atoms with Gasteiger partial charge in [-0.2, -0.15) is 0 Å². The van der Waals surface area contributed by atoms with E-state index in [9.17, 15) is 4.79 Å². The third-order valence-electron chi connectivity index (χ3n) is 2.73. The summed E-state index contributed by atoms with van der Waals surface area (Å²) in [6.45, 7) is 7.32. The predicted molar refractivity (Wildman–Crippen MR) is 61.3 cm³/mol. The second kappa shape index (κ2) is 5.18. The van der Waals surface area contributed by atoms with E-state index in [0.717, 1.165) is 13.1 Å². The molecular weight excluding hydrogens is 188 g/mol. The van der Waals surface area contributed by atoms with Crippen molar-refractivity contribution in [1.29, 1.82) is 0 Å². The van der Waals surface area contributed by atoms with Crippen molar-refractivity contribution in [1.82, 2.24) is 10.2 Å². The molecule has 0 aromatic heterocycles.